The van der Waals surface area contributed by atoms with Gasteiger partial charge in [0.15, 0.2) is 0 Å². The summed E-state index contributed by atoms with van der Waals surface area (Å²) in [6.07, 6.45) is 9.59. The van der Waals surface area contributed by atoms with E-state index in [-0.39, 0.29) is 15.6 Å². The van der Waals surface area contributed by atoms with Crippen LogP contribution in [0.15, 0.2) is 12.3 Å². The number of rotatable bonds is 5. The fourth-order valence-corrected chi connectivity index (χ4v) is 7.08. The van der Waals surface area contributed by atoms with E-state index in [1.165, 1.54) is 32.1 Å². The second kappa shape index (κ2) is 5.86. The van der Waals surface area contributed by atoms with Crippen LogP contribution in [0.3, 0.4) is 0 Å². The van der Waals surface area contributed by atoms with Crippen molar-refractivity contribution in [2.24, 2.45) is 17.3 Å². The summed E-state index contributed by atoms with van der Waals surface area (Å²) in [6.45, 7) is 0. The van der Waals surface area contributed by atoms with E-state index >= 15 is 0 Å². The van der Waals surface area contributed by atoms with Crippen molar-refractivity contribution in [1.82, 2.24) is 15.4 Å². The van der Waals surface area contributed by atoms with Crippen LogP contribution in [0.2, 0.25) is 0 Å². The molecule has 1 heterocycles. The minimum Gasteiger partial charge on any atom is -0.481 e. The first-order valence-corrected chi connectivity index (χ1v) is 9.38. The highest BCUT2D eigenvalue weighted by Gasteiger charge is 2.57. The van der Waals surface area contributed by atoms with Crippen LogP contribution in [0.25, 0.3) is 0 Å². The lowest BCUT2D eigenvalue weighted by Crippen LogP contribution is -2.54. The monoisotopic (exact) mass is 394 g/mol. The highest BCUT2D eigenvalue weighted by Crippen LogP contribution is 2.65. The Balaban J connectivity index is 1.38. The number of nitrogens with zero attached hydrogens (tertiary/aromatic N) is 2. The summed E-state index contributed by atoms with van der Waals surface area (Å²) < 4.78 is 5.33. The Labute approximate surface area is 150 Å². The van der Waals surface area contributed by atoms with E-state index in [9.17, 15) is 4.79 Å². The summed E-state index contributed by atoms with van der Waals surface area (Å²) in [6, 6.07) is 1.66. The third-order valence-electron chi connectivity index (χ3n) is 5.80. The molecule has 4 aliphatic rings. The molecule has 2 unspecified atom stereocenters. The van der Waals surface area contributed by atoms with Gasteiger partial charge in [0.25, 0.3) is 0 Å². The van der Waals surface area contributed by atoms with E-state index in [1.807, 2.05) is 0 Å². The van der Waals surface area contributed by atoms with E-state index in [2.05, 4.69) is 36.7 Å². The number of carbonyl (C=O) groups is 1. The van der Waals surface area contributed by atoms with Crippen LogP contribution in [0.4, 0.5) is 5.95 Å². The van der Waals surface area contributed by atoms with E-state index in [0.29, 0.717) is 18.2 Å². The van der Waals surface area contributed by atoms with Crippen molar-refractivity contribution in [2.75, 3.05) is 12.5 Å². The van der Waals surface area contributed by atoms with Crippen molar-refractivity contribution in [3.8, 4) is 5.88 Å². The van der Waals surface area contributed by atoms with Crippen molar-refractivity contribution in [1.29, 1.82) is 0 Å². The van der Waals surface area contributed by atoms with Crippen molar-refractivity contribution in [3.05, 3.63) is 12.3 Å². The number of hydrogen-bond acceptors (Lipinski definition) is 5. The topological polar surface area (TPSA) is 76.1 Å². The van der Waals surface area contributed by atoms with Crippen molar-refractivity contribution in [3.63, 3.8) is 0 Å². The van der Waals surface area contributed by atoms with Crippen molar-refractivity contribution in [2.45, 2.75) is 49.3 Å². The minimum atomic E-state index is 0.0134. The van der Waals surface area contributed by atoms with E-state index in [4.69, 9.17) is 4.74 Å². The number of methoxy groups -OCH3 is 1. The SMILES string of the molecule is COc1ccnc(NNC(=O)CC23CC4CC(CC(Br)(C4)C2)C3)n1. The summed E-state index contributed by atoms with van der Waals surface area (Å²) in [4.78, 5) is 20.7. The van der Waals surface area contributed by atoms with Gasteiger partial charge in [-0.05, 0) is 55.8 Å². The summed E-state index contributed by atoms with van der Waals surface area (Å²) >= 11 is 3.99. The maximum atomic E-state index is 12.5. The number of amides is 1. The molecule has 0 saturated heterocycles. The molecule has 6 nitrogen and oxygen atoms in total. The number of hydrazine groups is 1. The molecule has 0 spiro atoms. The predicted octanol–water partition coefficient (Wildman–Crippen LogP) is 3.05. The van der Waals surface area contributed by atoms with Crippen LogP contribution in [0.1, 0.15) is 44.9 Å². The van der Waals surface area contributed by atoms with Crippen LogP contribution in [-0.2, 0) is 4.79 Å². The standard InChI is InChI=1S/C17H23BrN4O2/c1-24-14-2-3-19-15(20-14)22-21-13(23)9-16-5-11-4-12(6-16)8-17(18,7-11)10-16/h2-3,11-12H,4-10H2,1H3,(H,21,23)(H,19,20,22). The van der Waals surface area contributed by atoms with Gasteiger partial charge in [-0.25, -0.2) is 4.98 Å². The molecule has 2 N–H and O–H groups in total. The number of halogens is 1. The van der Waals surface area contributed by atoms with Gasteiger partial charge in [0, 0.05) is 23.0 Å². The number of hydrogen-bond donors (Lipinski definition) is 2. The maximum absolute atomic E-state index is 12.5. The molecule has 1 aromatic heterocycles. The van der Waals surface area contributed by atoms with Gasteiger partial charge in [-0.1, -0.05) is 15.9 Å². The average molecular weight is 395 g/mol. The van der Waals surface area contributed by atoms with E-state index in [0.717, 1.165) is 18.3 Å². The molecule has 0 aliphatic heterocycles. The molecule has 4 fully saturated rings. The third-order valence-corrected chi connectivity index (χ3v) is 6.73. The van der Waals surface area contributed by atoms with Gasteiger partial charge in [-0.2, -0.15) is 4.98 Å². The lowest BCUT2D eigenvalue weighted by Gasteiger charge is -2.60. The van der Waals surface area contributed by atoms with Gasteiger partial charge in [0.05, 0.1) is 7.11 Å². The van der Waals surface area contributed by atoms with Crippen LogP contribution >= 0.6 is 15.9 Å². The molecule has 1 aromatic rings. The second-order valence-corrected chi connectivity index (χ2v) is 9.57. The predicted molar refractivity (Wildman–Crippen MR) is 93.7 cm³/mol. The zero-order valence-corrected chi connectivity index (χ0v) is 15.4. The molecule has 4 bridgehead atoms. The zero-order chi connectivity index (χ0) is 16.8. The summed E-state index contributed by atoms with van der Waals surface area (Å²) in [7, 11) is 1.55. The quantitative estimate of drug-likeness (QED) is 0.592. The molecule has 4 saturated carbocycles. The molecule has 0 aromatic carbocycles. The van der Waals surface area contributed by atoms with E-state index in [1.54, 1.807) is 19.4 Å². The molecule has 24 heavy (non-hydrogen) atoms. The summed E-state index contributed by atoms with van der Waals surface area (Å²) in [5.74, 6) is 2.38. The van der Waals surface area contributed by atoms with Crippen LogP contribution < -0.4 is 15.6 Å². The van der Waals surface area contributed by atoms with Gasteiger partial charge in [0.1, 0.15) is 0 Å². The normalized spacial score (nSPS) is 36.4. The maximum Gasteiger partial charge on any atom is 0.245 e. The Morgan fingerprint density at radius 1 is 1.38 bits per heavy atom. The van der Waals surface area contributed by atoms with Crippen molar-refractivity contribution < 1.29 is 9.53 Å². The van der Waals surface area contributed by atoms with Gasteiger partial charge < -0.3 is 4.74 Å². The Morgan fingerprint density at radius 2 is 2.12 bits per heavy atom. The van der Waals surface area contributed by atoms with Crippen molar-refractivity contribution >= 4 is 27.8 Å². The largest absolute Gasteiger partial charge is 0.481 e. The third kappa shape index (κ3) is 3.10. The zero-order valence-electron chi connectivity index (χ0n) is 13.8. The van der Waals surface area contributed by atoms with Crippen LogP contribution in [0.5, 0.6) is 5.88 Å². The van der Waals surface area contributed by atoms with Crippen LogP contribution in [0, 0.1) is 17.3 Å². The Bertz CT molecular complexity index is 639. The summed E-state index contributed by atoms with van der Waals surface area (Å²) in [5.41, 5.74) is 5.71. The lowest BCUT2D eigenvalue weighted by atomic mass is 9.48. The first kappa shape index (κ1) is 16.1. The molecule has 2 atom stereocenters. The van der Waals surface area contributed by atoms with Gasteiger partial charge in [0.2, 0.25) is 17.7 Å². The molecular formula is C17H23BrN4O2. The van der Waals surface area contributed by atoms with Crippen LogP contribution in [-0.4, -0.2) is 27.3 Å². The Morgan fingerprint density at radius 3 is 2.79 bits per heavy atom. The number of ether oxygens (including phenoxy) is 1. The first-order chi connectivity index (χ1) is 11.5. The molecule has 130 valence electrons. The summed E-state index contributed by atoms with van der Waals surface area (Å²) in [5, 5.41) is 0. The van der Waals surface area contributed by atoms with Gasteiger partial charge in [-0.3, -0.25) is 15.6 Å². The number of carbonyl (C=O) groups excluding carboxylic acids is 1. The second-order valence-electron chi connectivity index (χ2n) is 7.88. The molecule has 5 rings (SSSR count). The molecule has 4 aliphatic carbocycles. The molecule has 0 radical (unpaired) electrons. The highest BCUT2D eigenvalue weighted by atomic mass is 79.9. The fraction of sp³-hybridized carbons (Fsp3) is 0.706. The van der Waals surface area contributed by atoms with Gasteiger partial charge >= 0.3 is 0 Å². The lowest BCUT2D eigenvalue weighted by molar-refractivity contribution is -0.127. The first-order valence-electron chi connectivity index (χ1n) is 8.58. The van der Waals surface area contributed by atoms with E-state index < -0.39 is 0 Å². The highest BCUT2D eigenvalue weighted by molar-refractivity contribution is 9.10. The van der Waals surface area contributed by atoms with Gasteiger partial charge in [-0.15, -0.1) is 0 Å². The average Bonchev–Trinajstić information content (AvgIpc) is 2.50. The molecular weight excluding hydrogens is 372 g/mol. The minimum absolute atomic E-state index is 0.0134. The Hall–Kier alpha value is -1.37. The molecule has 1 amide bonds. The number of anilines is 1. The Kier molecular flexibility index (Phi) is 3.94. The molecule has 7 heteroatoms. The number of aromatic nitrogens is 2. The smallest absolute Gasteiger partial charge is 0.245 e. The number of nitrogens with one attached hydrogen (secondary N) is 2. The number of alkyl halides is 1. The fourth-order valence-electron chi connectivity index (χ4n) is 5.57.